The molecule has 0 aliphatic carbocycles. The molecule has 8 nitrogen and oxygen atoms in total. The molecule has 2 rings (SSSR count). The van der Waals surface area contributed by atoms with Gasteiger partial charge in [-0.25, -0.2) is 4.79 Å². The van der Waals surface area contributed by atoms with Crippen molar-refractivity contribution in [3.63, 3.8) is 0 Å². The number of amides is 1. The predicted molar refractivity (Wildman–Crippen MR) is 77.8 cm³/mol. The lowest BCUT2D eigenvalue weighted by Gasteiger charge is -2.44. The van der Waals surface area contributed by atoms with Crippen molar-refractivity contribution < 1.29 is 29.7 Å². The number of thioether (sulfide) groups is 1. The van der Waals surface area contributed by atoms with E-state index in [9.17, 15) is 24.6 Å². The highest BCUT2D eigenvalue weighted by Gasteiger charge is 2.56. The van der Waals surface area contributed by atoms with Gasteiger partial charge in [-0.1, -0.05) is 0 Å². The minimum absolute atomic E-state index is 0.0114. The summed E-state index contributed by atoms with van der Waals surface area (Å²) in [6.45, 7) is 2.84. The molecular weight excluding hydrogens is 312 g/mol. The highest BCUT2D eigenvalue weighted by molar-refractivity contribution is 8.03. The van der Waals surface area contributed by atoms with Crippen molar-refractivity contribution in [3.05, 3.63) is 10.6 Å². The van der Waals surface area contributed by atoms with E-state index in [0.717, 1.165) is 11.8 Å². The monoisotopic (exact) mass is 330 g/mol. The number of aliphatic carboxylic acids is 2. The van der Waals surface area contributed by atoms with Gasteiger partial charge in [0, 0.05) is 17.1 Å². The standard InChI is InChI=1S/C13H18N2O6S/c1-5(16)8-6-3-7(22-4-13(2,14)12(20)21)9(11(18)19)15(6)10(8)17/h5-6,8,16H,3-4,14H2,1-2H3,(H,18,19)(H,20,21)/t5?,6-,8-,13+/m1/s1. The van der Waals surface area contributed by atoms with Gasteiger partial charge < -0.3 is 26.0 Å². The second-order valence-electron chi connectivity index (χ2n) is 5.83. The second-order valence-corrected chi connectivity index (χ2v) is 6.90. The molecule has 4 atom stereocenters. The van der Waals surface area contributed by atoms with Gasteiger partial charge in [-0.2, -0.15) is 0 Å². The van der Waals surface area contributed by atoms with Gasteiger partial charge in [-0.05, 0) is 13.8 Å². The van der Waals surface area contributed by atoms with E-state index in [2.05, 4.69) is 0 Å². The molecule has 0 saturated carbocycles. The van der Waals surface area contributed by atoms with Gasteiger partial charge >= 0.3 is 11.9 Å². The van der Waals surface area contributed by atoms with E-state index < -0.39 is 35.4 Å². The fourth-order valence-corrected chi connectivity index (χ4v) is 3.87. The van der Waals surface area contributed by atoms with Crippen LogP contribution in [-0.2, 0) is 14.4 Å². The van der Waals surface area contributed by atoms with Gasteiger partial charge in [-0.15, -0.1) is 11.8 Å². The first kappa shape index (κ1) is 16.8. The van der Waals surface area contributed by atoms with E-state index in [-0.39, 0.29) is 17.5 Å². The molecule has 0 bridgehead atoms. The summed E-state index contributed by atoms with van der Waals surface area (Å²) in [7, 11) is 0. The van der Waals surface area contributed by atoms with Crippen LogP contribution >= 0.6 is 11.8 Å². The molecule has 5 N–H and O–H groups in total. The van der Waals surface area contributed by atoms with Crippen LogP contribution in [0.1, 0.15) is 20.3 Å². The molecule has 9 heteroatoms. The molecule has 22 heavy (non-hydrogen) atoms. The molecule has 1 saturated heterocycles. The normalized spacial score (nSPS) is 28.0. The Hall–Kier alpha value is -1.58. The number of carboxylic acid groups (broad SMARTS) is 2. The molecule has 2 heterocycles. The van der Waals surface area contributed by atoms with Gasteiger partial charge in [0.15, 0.2) is 0 Å². The van der Waals surface area contributed by atoms with Crippen LogP contribution in [0.3, 0.4) is 0 Å². The average molecular weight is 330 g/mol. The highest BCUT2D eigenvalue weighted by Crippen LogP contribution is 2.47. The number of hydrogen-bond acceptors (Lipinski definition) is 6. The number of nitrogens with two attached hydrogens (primary N) is 1. The van der Waals surface area contributed by atoms with Crippen molar-refractivity contribution in [1.82, 2.24) is 4.90 Å². The maximum atomic E-state index is 12.0. The Bertz CT molecular complexity index is 571. The minimum Gasteiger partial charge on any atom is -0.480 e. The van der Waals surface area contributed by atoms with E-state index in [1.807, 2.05) is 0 Å². The number of carboxylic acids is 2. The van der Waals surface area contributed by atoms with Crippen molar-refractivity contribution in [3.8, 4) is 0 Å². The van der Waals surface area contributed by atoms with Gasteiger partial charge in [0.05, 0.1) is 18.1 Å². The minimum atomic E-state index is -1.49. The molecule has 0 radical (unpaired) electrons. The Balaban J connectivity index is 2.19. The lowest BCUT2D eigenvalue weighted by atomic mass is 9.83. The van der Waals surface area contributed by atoms with Crippen LogP contribution in [0.2, 0.25) is 0 Å². The third-order valence-corrected chi connectivity index (χ3v) is 5.38. The average Bonchev–Trinajstić information content (AvgIpc) is 2.70. The summed E-state index contributed by atoms with van der Waals surface area (Å²) in [5, 5.41) is 27.9. The first-order valence-electron chi connectivity index (χ1n) is 6.70. The fourth-order valence-electron chi connectivity index (χ4n) is 2.66. The predicted octanol–water partition coefficient (Wildman–Crippen LogP) is -0.571. The largest absolute Gasteiger partial charge is 0.480 e. The zero-order valence-electron chi connectivity index (χ0n) is 12.1. The molecular formula is C13H18N2O6S. The van der Waals surface area contributed by atoms with Crippen molar-refractivity contribution in [1.29, 1.82) is 0 Å². The molecule has 2 aliphatic heterocycles. The quantitative estimate of drug-likeness (QED) is 0.474. The SMILES string of the molecule is CC(O)[C@H]1C(=O)N2C(C(=O)O)=C(SC[C@](C)(N)C(=O)O)C[C@H]12. The van der Waals surface area contributed by atoms with E-state index in [0.29, 0.717) is 11.3 Å². The Kier molecular flexibility index (Phi) is 4.24. The zero-order valence-corrected chi connectivity index (χ0v) is 13.0. The summed E-state index contributed by atoms with van der Waals surface area (Å²) >= 11 is 1.04. The number of fused-ring (bicyclic) bond motifs is 1. The number of carbonyl (C=O) groups is 3. The van der Waals surface area contributed by atoms with Crippen molar-refractivity contribution >= 4 is 29.6 Å². The summed E-state index contributed by atoms with van der Waals surface area (Å²) in [5.74, 6) is -3.46. The number of aliphatic hydroxyl groups excluding tert-OH is 1. The number of carbonyl (C=O) groups excluding carboxylic acids is 1. The van der Waals surface area contributed by atoms with E-state index in [1.165, 1.54) is 18.7 Å². The third kappa shape index (κ3) is 2.59. The molecule has 1 amide bonds. The van der Waals surface area contributed by atoms with Crippen molar-refractivity contribution in [2.75, 3.05) is 5.75 Å². The Morgan fingerprint density at radius 3 is 2.55 bits per heavy atom. The van der Waals surface area contributed by atoms with Gasteiger partial charge in [-0.3, -0.25) is 9.59 Å². The Morgan fingerprint density at radius 1 is 1.50 bits per heavy atom. The third-order valence-electron chi connectivity index (χ3n) is 3.93. The molecule has 0 aromatic heterocycles. The van der Waals surface area contributed by atoms with E-state index in [1.54, 1.807) is 0 Å². The van der Waals surface area contributed by atoms with Crippen LogP contribution < -0.4 is 5.73 Å². The molecule has 0 spiro atoms. The van der Waals surface area contributed by atoms with E-state index in [4.69, 9.17) is 10.8 Å². The molecule has 0 aromatic rings. The van der Waals surface area contributed by atoms with Crippen molar-refractivity contribution in [2.24, 2.45) is 11.7 Å². The lowest BCUT2D eigenvalue weighted by Crippen LogP contribution is -2.61. The smallest absolute Gasteiger partial charge is 0.353 e. The van der Waals surface area contributed by atoms with Gasteiger partial charge in [0.25, 0.3) is 0 Å². The Labute approximate surface area is 131 Å². The topological polar surface area (TPSA) is 141 Å². The fraction of sp³-hybridized carbons (Fsp3) is 0.615. The lowest BCUT2D eigenvalue weighted by molar-refractivity contribution is -0.161. The summed E-state index contributed by atoms with van der Waals surface area (Å²) in [5.41, 5.74) is 4.02. The van der Waals surface area contributed by atoms with Crippen LogP contribution in [0.5, 0.6) is 0 Å². The van der Waals surface area contributed by atoms with Crippen molar-refractivity contribution in [2.45, 2.75) is 38.0 Å². The Morgan fingerprint density at radius 2 is 2.09 bits per heavy atom. The molecule has 122 valence electrons. The highest BCUT2D eigenvalue weighted by atomic mass is 32.2. The summed E-state index contributed by atoms with van der Waals surface area (Å²) in [6.07, 6.45) is -0.560. The summed E-state index contributed by atoms with van der Waals surface area (Å²) in [6, 6.07) is -0.380. The first-order chi connectivity index (χ1) is 10.1. The number of rotatable bonds is 6. The molecule has 1 unspecified atom stereocenters. The van der Waals surface area contributed by atoms with Gasteiger partial charge in [0.1, 0.15) is 11.2 Å². The number of aliphatic hydroxyl groups is 1. The van der Waals surface area contributed by atoms with Crippen LogP contribution in [0.15, 0.2) is 10.6 Å². The van der Waals surface area contributed by atoms with Crippen LogP contribution in [0.25, 0.3) is 0 Å². The van der Waals surface area contributed by atoms with Crippen LogP contribution in [0, 0.1) is 5.92 Å². The maximum absolute atomic E-state index is 12.0. The molecule has 1 fully saturated rings. The number of nitrogens with zero attached hydrogens (tertiary/aromatic N) is 1. The van der Waals surface area contributed by atoms with Crippen LogP contribution in [-0.4, -0.2) is 61.5 Å². The van der Waals surface area contributed by atoms with Gasteiger partial charge in [0.2, 0.25) is 5.91 Å². The number of hydrogen-bond donors (Lipinski definition) is 4. The number of β-lactam (4-membered cyclic amide) rings is 1. The molecule has 2 aliphatic rings. The zero-order chi connectivity index (χ0) is 16.8. The van der Waals surface area contributed by atoms with Crippen LogP contribution in [0.4, 0.5) is 0 Å². The summed E-state index contributed by atoms with van der Waals surface area (Å²) in [4.78, 5) is 36.0. The second kappa shape index (κ2) is 5.56. The maximum Gasteiger partial charge on any atom is 0.353 e. The first-order valence-corrected chi connectivity index (χ1v) is 7.69. The molecule has 0 aromatic carbocycles. The summed E-state index contributed by atoms with van der Waals surface area (Å²) < 4.78 is 0. The van der Waals surface area contributed by atoms with E-state index >= 15 is 0 Å².